The molecule has 19 heavy (non-hydrogen) atoms. The first-order valence-corrected chi connectivity index (χ1v) is 4.64. The molecule has 1 aromatic carbocycles. The lowest BCUT2D eigenvalue weighted by molar-refractivity contribution is -0.305. The van der Waals surface area contributed by atoms with Gasteiger partial charge in [0, 0.05) is 5.56 Å². The molecule has 0 saturated heterocycles. The molecule has 0 amide bonds. The van der Waals surface area contributed by atoms with Crippen LogP contribution in [-0.2, 0) is 9.59 Å². The SMILES string of the molecule is O=C=c1cccc(C(F)C(F)(F)C(F)(F)F)c1=C=O. The molecule has 8 heteroatoms. The molecule has 1 aromatic rings. The first-order chi connectivity index (χ1) is 8.66. The van der Waals surface area contributed by atoms with E-state index in [4.69, 9.17) is 0 Å². The van der Waals surface area contributed by atoms with Gasteiger partial charge >= 0.3 is 12.1 Å². The van der Waals surface area contributed by atoms with Gasteiger partial charge in [-0.1, -0.05) is 12.1 Å². The van der Waals surface area contributed by atoms with Gasteiger partial charge in [-0.25, -0.2) is 14.0 Å². The number of alkyl halides is 6. The molecule has 2 nitrogen and oxygen atoms in total. The number of hydrogen-bond donors (Lipinski definition) is 0. The molecule has 0 aliphatic rings. The summed E-state index contributed by atoms with van der Waals surface area (Å²) in [5.74, 6) is -3.60. The van der Waals surface area contributed by atoms with Crippen molar-refractivity contribution in [3.05, 3.63) is 34.2 Å². The number of rotatable bonds is 2. The van der Waals surface area contributed by atoms with Gasteiger partial charge in [0.1, 0.15) is 11.9 Å². The van der Waals surface area contributed by atoms with Gasteiger partial charge in [0.25, 0.3) is 0 Å². The lowest BCUT2D eigenvalue weighted by atomic mass is 10.0. The molecule has 0 aliphatic carbocycles. The quantitative estimate of drug-likeness (QED) is 0.755. The van der Waals surface area contributed by atoms with Gasteiger partial charge in [0.15, 0.2) is 6.17 Å². The number of carbonyl (C=O) groups excluding carboxylic acids is 2. The van der Waals surface area contributed by atoms with E-state index in [2.05, 4.69) is 0 Å². The third-order valence-corrected chi connectivity index (χ3v) is 2.28. The van der Waals surface area contributed by atoms with Crippen LogP contribution >= 0.6 is 0 Å². The summed E-state index contributed by atoms with van der Waals surface area (Å²) in [5.41, 5.74) is -1.27. The summed E-state index contributed by atoms with van der Waals surface area (Å²) in [6.07, 6.45) is -9.95. The largest absolute Gasteiger partial charge is 0.456 e. The van der Waals surface area contributed by atoms with Crippen molar-refractivity contribution in [2.24, 2.45) is 0 Å². The van der Waals surface area contributed by atoms with Crippen molar-refractivity contribution in [1.82, 2.24) is 0 Å². The monoisotopic (exact) mass is 282 g/mol. The molecule has 0 saturated carbocycles. The van der Waals surface area contributed by atoms with E-state index >= 15 is 0 Å². The predicted molar refractivity (Wildman–Crippen MR) is 50.1 cm³/mol. The lowest BCUT2D eigenvalue weighted by Gasteiger charge is -2.23. The summed E-state index contributed by atoms with van der Waals surface area (Å²) >= 11 is 0. The van der Waals surface area contributed by atoms with E-state index in [1.54, 1.807) is 0 Å². The second-order valence-corrected chi connectivity index (χ2v) is 3.46. The molecule has 0 bridgehead atoms. The fourth-order valence-electron chi connectivity index (χ4n) is 1.32. The minimum absolute atomic E-state index is 0.547. The van der Waals surface area contributed by atoms with Crippen molar-refractivity contribution in [3.8, 4) is 0 Å². The Balaban J connectivity index is 3.59. The van der Waals surface area contributed by atoms with Gasteiger partial charge in [-0.2, -0.15) is 22.0 Å². The molecule has 1 atom stereocenters. The zero-order valence-corrected chi connectivity index (χ0v) is 8.89. The average molecular weight is 282 g/mol. The Morgan fingerprint density at radius 3 is 2.00 bits per heavy atom. The molecule has 1 unspecified atom stereocenters. The summed E-state index contributed by atoms with van der Waals surface area (Å²) in [6, 6.07) is 2.32. The van der Waals surface area contributed by atoms with Gasteiger partial charge < -0.3 is 0 Å². The van der Waals surface area contributed by atoms with Crippen molar-refractivity contribution in [2.75, 3.05) is 0 Å². The second-order valence-electron chi connectivity index (χ2n) is 3.46. The zero-order valence-electron chi connectivity index (χ0n) is 8.89. The van der Waals surface area contributed by atoms with Gasteiger partial charge in [-0.05, 0) is 6.07 Å². The van der Waals surface area contributed by atoms with Crippen molar-refractivity contribution < 1.29 is 35.9 Å². The number of halogens is 6. The average Bonchev–Trinajstić information content (AvgIpc) is 2.35. The van der Waals surface area contributed by atoms with Crippen LogP contribution in [0.2, 0.25) is 0 Å². The maximum absolute atomic E-state index is 13.4. The molecule has 0 aromatic heterocycles. The van der Waals surface area contributed by atoms with Crippen LogP contribution in [0.25, 0.3) is 0 Å². The standard InChI is InChI=1S/C11H4F6O2/c12-9(10(13,14)11(15,16)17)7-3-1-2-6(4-18)8(7)5-19/h1-3,9H. The Kier molecular flexibility index (Phi) is 3.88. The summed E-state index contributed by atoms with van der Waals surface area (Å²) in [4.78, 5) is 20.9. The van der Waals surface area contributed by atoms with Crippen molar-refractivity contribution in [3.63, 3.8) is 0 Å². The zero-order chi connectivity index (χ0) is 14.8. The highest BCUT2D eigenvalue weighted by atomic mass is 19.4. The molecule has 0 heterocycles. The normalized spacial score (nSPS) is 13.6. The maximum atomic E-state index is 13.4. The van der Waals surface area contributed by atoms with Crippen LogP contribution in [0.5, 0.6) is 0 Å². The van der Waals surface area contributed by atoms with E-state index in [1.807, 2.05) is 0 Å². The molecular formula is C11H4F6O2. The predicted octanol–water partition coefficient (Wildman–Crippen LogP) is 0.901. The van der Waals surface area contributed by atoms with Crippen LogP contribution in [0.3, 0.4) is 0 Å². The third kappa shape index (κ3) is 2.54. The van der Waals surface area contributed by atoms with E-state index in [0.717, 1.165) is 24.0 Å². The first kappa shape index (κ1) is 15.0. The van der Waals surface area contributed by atoms with E-state index < -0.39 is 34.3 Å². The molecule has 0 spiro atoms. The third-order valence-electron chi connectivity index (χ3n) is 2.28. The van der Waals surface area contributed by atoms with Crippen LogP contribution in [0.1, 0.15) is 11.7 Å². The molecule has 0 N–H and O–H groups in total. The molecule has 0 fully saturated rings. The van der Waals surface area contributed by atoms with E-state index in [1.165, 1.54) is 0 Å². The van der Waals surface area contributed by atoms with Gasteiger partial charge in [0.2, 0.25) is 0 Å². The molecule has 102 valence electrons. The Hall–Kier alpha value is -2.04. The topological polar surface area (TPSA) is 34.1 Å². The molecular weight excluding hydrogens is 278 g/mol. The summed E-state index contributed by atoms with van der Waals surface area (Å²) in [6.45, 7) is 0. The van der Waals surface area contributed by atoms with Gasteiger partial charge in [-0.3, -0.25) is 0 Å². The van der Waals surface area contributed by atoms with Crippen LogP contribution < -0.4 is 10.4 Å². The maximum Gasteiger partial charge on any atom is 0.456 e. The Morgan fingerprint density at radius 2 is 1.58 bits per heavy atom. The molecule has 0 radical (unpaired) electrons. The van der Waals surface area contributed by atoms with Crippen molar-refractivity contribution >= 4 is 11.9 Å². The Labute approximate surface area is 101 Å². The van der Waals surface area contributed by atoms with Crippen LogP contribution in [0.4, 0.5) is 26.3 Å². The second kappa shape index (κ2) is 4.91. The Morgan fingerprint density at radius 1 is 1.00 bits per heavy atom. The fourth-order valence-corrected chi connectivity index (χ4v) is 1.32. The van der Waals surface area contributed by atoms with E-state index in [0.29, 0.717) is 6.07 Å². The van der Waals surface area contributed by atoms with Gasteiger partial charge in [-0.15, -0.1) is 0 Å². The summed E-state index contributed by atoms with van der Waals surface area (Å²) < 4.78 is 75.1. The van der Waals surface area contributed by atoms with Crippen molar-refractivity contribution in [2.45, 2.75) is 18.3 Å². The lowest BCUT2D eigenvalue weighted by Crippen LogP contribution is -2.44. The summed E-state index contributed by atoms with van der Waals surface area (Å²) in [7, 11) is 0. The Bertz CT molecular complexity index is 638. The fraction of sp³-hybridized carbons (Fsp3) is 0.273. The van der Waals surface area contributed by atoms with Crippen LogP contribution in [0.15, 0.2) is 18.2 Å². The summed E-state index contributed by atoms with van der Waals surface area (Å²) in [5, 5.41) is -1.65. The van der Waals surface area contributed by atoms with E-state index in [-0.39, 0.29) is 0 Å². The van der Waals surface area contributed by atoms with Gasteiger partial charge in [0.05, 0.1) is 10.4 Å². The number of benzene rings is 1. The van der Waals surface area contributed by atoms with Crippen LogP contribution in [0, 0.1) is 0 Å². The van der Waals surface area contributed by atoms with Crippen molar-refractivity contribution in [1.29, 1.82) is 0 Å². The highest BCUT2D eigenvalue weighted by Crippen LogP contribution is 2.45. The first-order valence-electron chi connectivity index (χ1n) is 4.64. The van der Waals surface area contributed by atoms with E-state index in [9.17, 15) is 35.9 Å². The minimum Gasteiger partial charge on any atom is -0.235 e. The smallest absolute Gasteiger partial charge is 0.235 e. The highest BCUT2D eigenvalue weighted by Gasteiger charge is 2.63. The molecule has 1 rings (SSSR count). The highest BCUT2D eigenvalue weighted by molar-refractivity contribution is 5.56. The minimum atomic E-state index is -6.13. The van der Waals surface area contributed by atoms with Crippen LogP contribution in [-0.4, -0.2) is 24.0 Å². The molecule has 0 aliphatic heterocycles. The number of hydrogen-bond acceptors (Lipinski definition) is 2.